The highest BCUT2D eigenvalue weighted by Gasteiger charge is 2.62. The second kappa shape index (κ2) is 9.89. The minimum Gasteiger partial charge on any atom is -0.394 e. The molecule has 13 heteroatoms. The summed E-state index contributed by atoms with van der Waals surface area (Å²) in [6.45, 7) is 1.21. The lowest BCUT2D eigenvalue weighted by molar-refractivity contribution is -0.275. The van der Waals surface area contributed by atoms with E-state index in [1.165, 1.54) is 24.3 Å². The van der Waals surface area contributed by atoms with Crippen molar-refractivity contribution in [2.24, 2.45) is 5.16 Å². The van der Waals surface area contributed by atoms with Crippen LogP contribution in [0, 0.1) is 6.92 Å². The number of carbonyl (C=O) groups is 2. The number of hydrogen-bond donors (Lipinski definition) is 2. The van der Waals surface area contributed by atoms with Crippen LogP contribution in [0.5, 0.6) is 0 Å². The van der Waals surface area contributed by atoms with E-state index in [9.17, 15) is 22.8 Å². The summed E-state index contributed by atoms with van der Waals surface area (Å²) < 4.78 is 42.6. The smallest absolute Gasteiger partial charge is 0.394 e. The van der Waals surface area contributed by atoms with Crippen LogP contribution in [0.4, 0.5) is 13.2 Å². The molecular weight excluding hydrogens is 526 g/mol. The second-order valence-electron chi connectivity index (χ2n) is 8.30. The summed E-state index contributed by atoms with van der Waals surface area (Å²) in [5.74, 6) is -1.05. The van der Waals surface area contributed by atoms with E-state index in [0.717, 1.165) is 17.2 Å². The van der Waals surface area contributed by atoms with Gasteiger partial charge < -0.3 is 15.3 Å². The van der Waals surface area contributed by atoms with Crippen LogP contribution in [-0.4, -0.2) is 59.7 Å². The summed E-state index contributed by atoms with van der Waals surface area (Å²) in [7, 11) is 0. The lowest BCUT2D eigenvalue weighted by Crippen LogP contribution is -2.43. The fourth-order valence-electron chi connectivity index (χ4n) is 4.02. The first kappa shape index (κ1) is 26.2. The maximum atomic E-state index is 14.2. The molecule has 192 valence electrons. The van der Waals surface area contributed by atoms with Gasteiger partial charge in [-0.1, -0.05) is 34.4 Å². The number of benzene rings is 2. The highest BCUT2D eigenvalue weighted by molar-refractivity contribution is 6.34. The summed E-state index contributed by atoms with van der Waals surface area (Å²) in [5, 5.41) is 16.3. The molecule has 1 saturated heterocycles. The molecule has 0 spiro atoms. The van der Waals surface area contributed by atoms with Crippen molar-refractivity contribution >= 4 is 40.7 Å². The van der Waals surface area contributed by atoms with E-state index < -0.39 is 36.1 Å². The summed E-state index contributed by atoms with van der Waals surface area (Å²) in [4.78, 5) is 35.1. The SMILES string of the molecule is Cc1cc(C2=NOC(c3cc(Cl)cc(Cl)c3)(C(F)(F)F)C2)ccc1C(=O)N[C@@H]1CON(CCO)C1=O. The Labute approximate surface area is 213 Å². The van der Waals surface area contributed by atoms with Gasteiger partial charge in [-0.25, -0.2) is 5.06 Å². The number of halogens is 5. The minimum atomic E-state index is -4.83. The number of amides is 2. The third-order valence-electron chi connectivity index (χ3n) is 5.87. The molecule has 2 aliphatic rings. The van der Waals surface area contributed by atoms with Gasteiger partial charge in [-0.3, -0.25) is 14.4 Å². The number of hydrogen-bond acceptors (Lipinski definition) is 6. The van der Waals surface area contributed by atoms with Crippen LogP contribution in [-0.2, 0) is 20.1 Å². The second-order valence-corrected chi connectivity index (χ2v) is 9.18. The summed E-state index contributed by atoms with van der Waals surface area (Å²) in [6, 6.07) is 7.05. The zero-order valence-electron chi connectivity index (χ0n) is 18.7. The predicted molar refractivity (Wildman–Crippen MR) is 124 cm³/mol. The number of aryl methyl sites for hydroxylation is 1. The van der Waals surface area contributed by atoms with Gasteiger partial charge >= 0.3 is 6.18 Å². The molecule has 2 N–H and O–H groups in total. The molecule has 0 radical (unpaired) electrons. The van der Waals surface area contributed by atoms with Gasteiger partial charge in [0.15, 0.2) is 0 Å². The minimum absolute atomic E-state index is 0.0232. The lowest BCUT2D eigenvalue weighted by atomic mass is 9.86. The van der Waals surface area contributed by atoms with E-state index in [4.69, 9.17) is 38.0 Å². The van der Waals surface area contributed by atoms with Crippen molar-refractivity contribution in [3.05, 3.63) is 68.7 Å². The van der Waals surface area contributed by atoms with Crippen molar-refractivity contribution in [2.45, 2.75) is 31.2 Å². The normalized spacial score (nSPS) is 22.0. The van der Waals surface area contributed by atoms with Crippen molar-refractivity contribution in [3.63, 3.8) is 0 Å². The molecule has 2 amide bonds. The van der Waals surface area contributed by atoms with Gasteiger partial charge in [0, 0.05) is 27.6 Å². The van der Waals surface area contributed by atoms with Gasteiger partial charge in [0.1, 0.15) is 12.6 Å². The topological polar surface area (TPSA) is 100 Å². The van der Waals surface area contributed by atoms with Crippen LogP contribution >= 0.6 is 23.2 Å². The van der Waals surface area contributed by atoms with Crippen molar-refractivity contribution in [1.29, 1.82) is 0 Å². The molecule has 2 aromatic carbocycles. The molecule has 8 nitrogen and oxygen atoms in total. The Morgan fingerprint density at radius 1 is 1.25 bits per heavy atom. The Balaban J connectivity index is 1.53. The first-order valence-electron chi connectivity index (χ1n) is 10.7. The molecule has 0 aromatic heterocycles. The number of hydroxylamine groups is 2. The monoisotopic (exact) mass is 545 g/mol. The number of aliphatic hydroxyl groups is 1. The van der Waals surface area contributed by atoms with Crippen LogP contribution in [0.2, 0.25) is 10.0 Å². The van der Waals surface area contributed by atoms with Crippen LogP contribution in [0.15, 0.2) is 41.6 Å². The number of nitrogens with zero attached hydrogens (tertiary/aromatic N) is 2. The Morgan fingerprint density at radius 2 is 1.94 bits per heavy atom. The molecule has 1 fully saturated rings. The van der Waals surface area contributed by atoms with Crippen LogP contribution in [0.3, 0.4) is 0 Å². The van der Waals surface area contributed by atoms with E-state index >= 15 is 0 Å². The van der Waals surface area contributed by atoms with Crippen molar-refractivity contribution in [3.8, 4) is 0 Å². The summed E-state index contributed by atoms with van der Waals surface area (Å²) in [6.07, 6.45) is -5.46. The van der Waals surface area contributed by atoms with E-state index in [1.54, 1.807) is 6.92 Å². The molecule has 0 aliphatic carbocycles. The highest BCUT2D eigenvalue weighted by Crippen LogP contribution is 2.49. The fraction of sp³-hybridized carbons (Fsp3) is 0.348. The number of nitrogens with one attached hydrogen (secondary N) is 1. The predicted octanol–water partition coefficient (Wildman–Crippen LogP) is 3.75. The van der Waals surface area contributed by atoms with Crippen LogP contribution < -0.4 is 5.32 Å². The van der Waals surface area contributed by atoms with Crippen molar-refractivity contribution < 1.29 is 37.5 Å². The van der Waals surface area contributed by atoms with Gasteiger partial charge in [-0.2, -0.15) is 13.2 Å². The van der Waals surface area contributed by atoms with Crippen LogP contribution in [0.1, 0.15) is 33.5 Å². The largest absolute Gasteiger partial charge is 0.435 e. The van der Waals surface area contributed by atoms with Crippen molar-refractivity contribution in [2.75, 3.05) is 19.8 Å². The quantitative estimate of drug-likeness (QED) is 0.575. The number of β-amino-alcohol motifs (C(OH)–C–C–N with tert-alkyl or cyclic N) is 1. The number of carbonyl (C=O) groups excluding carboxylic acids is 2. The van der Waals surface area contributed by atoms with E-state index in [-0.39, 0.29) is 46.6 Å². The molecule has 0 saturated carbocycles. The zero-order chi connectivity index (χ0) is 26.3. The lowest BCUT2D eigenvalue weighted by Gasteiger charge is -2.29. The molecule has 2 heterocycles. The summed E-state index contributed by atoms with van der Waals surface area (Å²) >= 11 is 11.9. The Kier molecular flexibility index (Phi) is 7.20. The molecule has 1 unspecified atom stereocenters. The van der Waals surface area contributed by atoms with E-state index in [1.807, 2.05) is 0 Å². The van der Waals surface area contributed by atoms with Gasteiger partial charge in [-0.05, 0) is 48.4 Å². The van der Waals surface area contributed by atoms with Gasteiger partial charge in [0.05, 0.1) is 18.9 Å². The average Bonchev–Trinajstić information content (AvgIpc) is 3.39. The van der Waals surface area contributed by atoms with Gasteiger partial charge in [0.25, 0.3) is 17.4 Å². The Morgan fingerprint density at radius 3 is 2.56 bits per heavy atom. The number of aliphatic hydroxyl groups excluding tert-OH is 1. The molecular formula is C23H20Cl2F3N3O5. The van der Waals surface area contributed by atoms with Gasteiger partial charge in [-0.15, -0.1) is 0 Å². The molecule has 2 aliphatic heterocycles. The molecule has 2 aromatic rings. The van der Waals surface area contributed by atoms with E-state index in [0.29, 0.717) is 11.1 Å². The first-order chi connectivity index (χ1) is 16.9. The molecule has 4 rings (SSSR count). The average molecular weight is 546 g/mol. The number of alkyl halides is 3. The summed E-state index contributed by atoms with van der Waals surface area (Å²) in [5.41, 5.74) is -2.03. The standard InChI is InChI=1S/C23H20Cl2F3N3O5/c1-12-6-13(2-3-17(12)20(33)29-19-11-35-31(4-5-32)21(19)34)18-10-22(36-30-18,23(26,27)28)14-7-15(24)9-16(25)8-14/h2-3,6-9,19,32H,4-5,10-11H2,1H3,(H,29,33)/t19-,22?/m1/s1. The number of rotatable bonds is 6. The Hall–Kier alpha value is -2.86. The zero-order valence-corrected chi connectivity index (χ0v) is 20.2. The maximum absolute atomic E-state index is 14.2. The molecule has 2 atom stereocenters. The molecule has 36 heavy (non-hydrogen) atoms. The Bertz CT molecular complexity index is 1220. The fourth-order valence-corrected chi connectivity index (χ4v) is 4.55. The highest BCUT2D eigenvalue weighted by atomic mass is 35.5. The third-order valence-corrected chi connectivity index (χ3v) is 6.30. The van der Waals surface area contributed by atoms with E-state index in [2.05, 4.69) is 10.5 Å². The maximum Gasteiger partial charge on any atom is 0.435 e. The number of oxime groups is 1. The van der Waals surface area contributed by atoms with Crippen LogP contribution in [0.25, 0.3) is 0 Å². The van der Waals surface area contributed by atoms with Gasteiger partial charge in [0.2, 0.25) is 0 Å². The van der Waals surface area contributed by atoms with Crippen molar-refractivity contribution in [1.82, 2.24) is 10.4 Å². The first-order valence-corrected chi connectivity index (χ1v) is 11.5. The molecule has 0 bridgehead atoms. The third kappa shape index (κ3) is 4.88.